The molecule has 0 unspecified atom stereocenters. The molecule has 2 atom stereocenters. The number of amides is 1. The highest BCUT2D eigenvalue weighted by Crippen LogP contribution is 2.67. The van der Waals surface area contributed by atoms with E-state index in [4.69, 9.17) is 14.2 Å². The molecule has 0 radical (unpaired) electrons. The monoisotopic (exact) mass is 495 g/mol. The third-order valence-corrected chi connectivity index (χ3v) is 7.45. The predicted octanol–water partition coefficient (Wildman–Crippen LogP) is 2.17. The summed E-state index contributed by atoms with van der Waals surface area (Å²) in [4.78, 5) is 28.0. The molecule has 5 rings (SSSR count). The third kappa shape index (κ3) is 2.81. The number of methoxy groups -OCH3 is 2. The Morgan fingerprint density at radius 2 is 1.61 bits per heavy atom. The van der Waals surface area contributed by atoms with Gasteiger partial charge < -0.3 is 34.4 Å². The van der Waals surface area contributed by atoms with Crippen molar-refractivity contribution in [3.05, 3.63) is 64.7 Å². The number of unbranched alkanes of at least 4 members (excludes halogenated alkanes) is 3. The summed E-state index contributed by atoms with van der Waals surface area (Å²) in [6.45, 7) is 2.08. The van der Waals surface area contributed by atoms with E-state index < -0.39 is 28.8 Å². The lowest BCUT2D eigenvalue weighted by molar-refractivity contribution is -0.312. The molecule has 2 aromatic carbocycles. The van der Waals surface area contributed by atoms with Gasteiger partial charge in [0.05, 0.1) is 19.8 Å². The van der Waals surface area contributed by atoms with Crippen LogP contribution in [0.3, 0.4) is 0 Å². The molecule has 3 aliphatic rings. The Bertz CT molecular complexity index is 1280. The molecule has 9 nitrogen and oxygen atoms in total. The first-order chi connectivity index (χ1) is 17.2. The zero-order valence-electron chi connectivity index (χ0n) is 20.4. The van der Waals surface area contributed by atoms with Crippen LogP contribution in [0.4, 0.5) is 0 Å². The van der Waals surface area contributed by atoms with Crippen LogP contribution >= 0.6 is 0 Å². The number of fused-ring (bicyclic) bond motifs is 2. The van der Waals surface area contributed by atoms with Gasteiger partial charge in [0.1, 0.15) is 5.76 Å². The minimum Gasteiger partial charge on any atom is -0.493 e. The maximum Gasteiger partial charge on any atom is 0.296 e. The fourth-order valence-electron chi connectivity index (χ4n) is 5.85. The molecular formula is C27H29NO8. The normalized spacial score (nSPS) is 25.6. The van der Waals surface area contributed by atoms with Crippen LogP contribution in [-0.4, -0.2) is 58.2 Å². The maximum absolute atomic E-state index is 13.5. The second-order valence-corrected chi connectivity index (χ2v) is 9.29. The predicted molar refractivity (Wildman–Crippen MR) is 128 cm³/mol. The standard InChI is InChI=1S/C27H29NO8/c1-4-5-6-9-14-28-24(30)22(29)21-23(16-12-13-19(34-2)20(15-16)35-3)36-27(33)18-11-8-7-10-17(18)26(31,32)25(21,27)28/h7-8,10-13,15,31-33H,4-6,9,14H2,1-3H3/t25-,27-/m0/s1. The van der Waals surface area contributed by atoms with Crippen molar-refractivity contribution in [2.24, 2.45) is 0 Å². The Hall–Kier alpha value is -3.40. The second kappa shape index (κ2) is 8.33. The number of aliphatic hydroxyl groups is 3. The SMILES string of the molecule is CCCCCCN1C(=O)C(=O)C2=C(c3ccc(OC)c(OC)c3)O[C@@]3(O)c4ccccc4C(O)(O)[C@]213. The highest BCUT2D eigenvalue weighted by atomic mass is 16.6. The maximum atomic E-state index is 13.5. The van der Waals surface area contributed by atoms with Crippen molar-refractivity contribution < 1.29 is 39.1 Å². The Labute approximate surface area is 208 Å². The van der Waals surface area contributed by atoms with Crippen LogP contribution in [0.5, 0.6) is 11.5 Å². The molecule has 2 heterocycles. The minimum absolute atomic E-state index is 0.0302. The lowest BCUT2D eigenvalue weighted by Gasteiger charge is -2.45. The van der Waals surface area contributed by atoms with E-state index in [0.29, 0.717) is 23.5 Å². The van der Waals surface area contributed by atoms with Gasteiger partial charge in [0.25, 0.3) is 17.5 Å². The lowest BCUT2D eigenvalue weighted by Crippen LogP contribution is -2.66. The van der Waals surface area contributed by atoms with Crippen molar-refractivity contribution in [3.8, 4) is 11.5 Å². The number of hydrogen-bond donors (Lipinski definition) is 3. The van der Waals surface area contributed by atoms with Crippen LogP contribution in [0.2, 0.25) is 0 Å². The number of ether oxygens (including phenoxy) is 3. The number of carbonyl (C=O) groups excluding carboxylic acids is 2. The number of ketones is 1. The van der Waals surface area contributed by atoms with E-state index in [1.54, 1.807) is 30.3 Å². The Balaban J connectivity index is 1.77. The van der Waals surface area contributed by atoms with E-state index in [9.17, 15) is 24.9 Å². The van der Waals surface area contributed by atoms with Crippen LogP contribution in [0.15, 0.2) is 48.0 Å². The quantitative estimate of drug-likeness (QED) is 0.289. The summed E-state index contributed by atoms with van der Waals surface area (Å²) in [6.07, 6.45) is 3.14. The van der Waals surface area contributed by atoms with Crippen LogP contribution in [0.25, 0.3) is 5.76 Å². The summed E-state index contributed by atoms with van der Waals surface area (Å²) in [7, 11) is 2.93. The Morgan fingerprint density at radius 3 is 2.28 bits per heavy atom. The fraction of sp³-hybridized carbons (Fsp3) is 0.407. The molecule has 1 saturated heterocycles. The fourth-order valence-corrected chi connectivity index (χ4v) is 5.85. The summed E-state index contributed by atoms with van der Waals surface area (Å²) in [5, 5.41) is 35.5. The number of Topliss-reactive ketones (excluding diaryl/α,β-unsaturated/α-hetero) is 1. The van der Waals surface area contributed by atoms with Crippen LogP contribution in [0, 0.1) is 0 Å². The van der Waals surface area contributed by atoms with Crippen molar-refractivity contribution in [2.45, 2.75) is 49.7 Å². The molecule has 1 aliphatic carbocycles. The Morgan fingerprint density at radius 1 is 0.917 bits per heavy atom. The van der Waals surface area contributed by atoms with Crippen molar-refractivity contribution in [1.82, 2.24) is 4.90 Å². The summed E-state index contributed by atoms with van der Waals surface area (Å²) in [6, 6.07) is 10.9. The first kappa shape index (κ1) is 24.3. The molecule has 2 aliphatic heterocycles. The molecule has 0 aromatic heterocycles. The van der Waals surface area contributed by atoms with Crippen LogP contribution < -0.4 is 9.47 Å². The second-order valence-electron chi connectivity index (χ2n) is 9.29. The molecule has 0 bridgehead atoms. The largest absolute Gasteiger partial charge is 0.493 e. The van der Waals surface area contributed by atoms with Gasteiger partial charge in [0.2, 0.25) is 11.3 Å². The van der Waals surface area contributed by atoms with Crippen molar-refractivity contribution in [2.75, 3.05) is 20.8 Å². The lowest BCUT2D eigenvalue weighted by atomic mass is 9.78. The van der Waals surface area contributed by atoms with E-state index >= 15 is 0 Å². The zero-order chi connectivity index (χ0) is 25.9. The molecule has 2 aromatic rings. The first-order valence-electron chi connectivity index (χ1n) is 12.0. The van der Waals surface area contributed by atoms with E-state index in [0.717, 1.165) is 24.2 Å². The summed E-state index contributed by atoms with van der Waals surface area (Å²) >= 11 is 0. The van der Waals surface area contributed by atoms with E-state index in [-0.39, 0.29) is 29.0 Å². The molecule has 1 spiro atoms. The minimum atomic E-state index is -2.81. The Kier molecular flexibility index (Phi) is 5.62. The van der Waals surface area contributed by atoms with Crippen molar-refractivity contribution >= 4 is 17.4 Å². The average molecular weight is 496 g/mol. The number of rotatable bonds is 8. The molecule has 1 fully saturated rings. The van der Waals surface area contributed by atoms with Gasteiger partial charge in [0.15, 0.2) is 11.5 Å². The molecule has 3 N–H and O–H groups in total. The van der Waals surface area contributed by atoms with Gasteiger partial charge in [-0.2, -0.15) is 0 Å². The van der Waals surface area contributed by atoms with Gasteiger partial charge in [-0.3, -0.25) is 9.59 Å². The molecule has 36 heavy (non-hydrogen) atoms. The number of nitrogens with zero attached hydrogens (tertiary/aromatic N) is 1. The first-order valence-corrected chi connectivity index (χ1v) is 12.0. The smallest absolute Gasteiger partial charge is 0.296 e. The summed E-state index contributed by atoms with van der Waals surface area (Å²) < 4.78 is 16.8. The number of benzene rings is 2. The van der Waals surface area contributed by atoms with Gasteiger partial charge in [-0.05, 0) is 24.6 Å². The van der Waals surface area contributed by atoms with Gasteiger partial charge in [-0.15, -0.1) is 0 Å². The van der Waals surface area contributed by atoms with E-state index in [1.165, 1.54) is 26.4 Å². The highest BCUT2D eigenvalue weighted by molar-refractivity contribution is 6.48. The topological polar surface area (TPSA) is 126 Å². The van der Waals surface area contributed by atoms with E-state index in [1.807, 2.05) is 6.92 Å². The van der Waals surface area contributed by atoms with Gasteiger partial charge >= 0.3 is 0 Å². The van der Waals surface area contributed by atoms with Crippen LogP contribution in [0.1, 0.15) is 49.3 Å². The molecule has 9 heteroatoms. The molecule has 190 valence electrons. The van der Waals surface area contributed by atoms with Gasteiger partial charge in [0, 0.05) is 23.2 Å². The van der Waals surface area contributed by atoms with Gasteiger partial charge in [-0.1, -0.05) is 50.5 Å². The van der Waals surface area contributed by atoms with E-state index in [2.05, 4.69) is 0 Å². The zero-order valence-corrected chi connectivity index (χ0v) is 20.4. The van der Waals surface area contributed by atoms with Gasteiger partial charge in [-0.25, -0.2) is 0 Å². The molecule has 1 amide bonds. The molecular weight excluding hydrogens is 466 g/mol. The number of carbonyl (C=O) groups is 2. The molecule has 0 saturated carbocycles. The summed E-state index contributed by atoms with van der Waals surface area (Å²) in [5.74, 6) is -6.45. The number of hydrogen-bond acceptors (Lipinski definition) is 8. The van der Waals surface area contributed by atoms with Crippen LogP contribution in [-0.2, 0) is 25.9 Å². The number of likely N-dealkylation sites (tertiary alicyclic amines) is 1. The van der Waals surface area contributed by atoms with Crippen molar-refractivity contribution in [1.29, 1.82) is 0 Å². The third-order valence-electron chi connectivity index (χ3n) is 7.45. The average Bonchev–Trinajstić information content (AvgIpc) is 3.35. The van der Waals surface area contributed by atoms with Crippen molar-refractivity contribution in [3.63, 3.8) is 0 Å². The summed E-state index contributed by atoms with van der Waals surface area (Å²) in [5.41, 5.74) is -2.22. The highest BCUT2D eigenvalue weighted by Gasteiger charge is 2.85.